The van der Waals surface area contributed by atoms with Crippen LogP contribution in [0.5, 0.6) is 0 Å². The summed E-state index contributed by atoms with van der Waals surface area (Å²) in [6, 6.07) is 12.4. The molecule has 5 nitrogen and oxygen atoms in total. The summed E-state index contributed by atoms with van der Waals surface area (Å²) >= 11 is 0. The van der Waals surface area contributed by atoms with Crippen molar-refractivity contribution in [1.82, 2.24) is 4.98 Å². The van der Waals surface area contributed by atoms with Crippen LogP contribution in [0.25, 0.3) is 0 Å². The highest BCUT2D eigenvalue weighted by atomic mass is 16.5. The second-order valence-corrected chi connectivity index (χ2v) is 7.98. The molecule has 0 radical (unpaired) electrons. The lowest BCUT2D eigenvalue weighted by atomic mass is 9.84. The maximum Gasteiger partial charge on any atom is 0.220 e. The summed E-state index contributed by atoms with van der Waals surface area (Å²) in [5, 5.41) is 0. The molecule has 28 heavy (non-hydrogen) atoms. The van der Waals surface area contributed by atoms with Gasteiger partial charge in [-0.15, -0.1) is 0 Å². The van der Waals surface area contributed by atoms with Crippen molar-refractivity contribution in [2.75, 3.05) is 6.61 Å². The molecule has 0 amide bonds. The number of hydrogen-bond donors (Lipinski definition) is 2. The third-order valence-electron chi connectivity index (χ3n) is 5.94. The Kier molecular flexibility index (Phi) is 4.05. The van der Waals surface area contributed by atoms with Crippen molar-refractivity contribution in [3.8, 4) is 0 Å². The van der Waals surface area contributed by atoms with Crippen LogP contribution in [0.2, 0.25) is 0 Å². The normalized spacial score (nSPS) is 31.0. The molecule has 3 atom stereocenters. The van der Waals surface area contributed by atoms with E-state index in [0.29, 0.717) is 13.0 Å². The molecule has 1 aromatic heterocycles. The molecule has 0 spiro atoms. The fraction of sp³-hybridized carbons (Fsp3) is 0.304. The summed E-state index contributed by atoms with van der Waals surface area (Å²) in [5.74, 6) is -0.951. The molecule has 3 aliphatic rings. The molecule has 2 aromatic rings. The van der Waals surface area contributed by atoms with Gasteiger partial charge in [-0.05, 0) is 48.1 Å². The van der Waals surface area contributed by atoms with Gasteiger partial charge >= 0.3 is 0 Å². The van der Waals surface area contributed by atoms with E-state index < -0.39 is 11.4 Å². The van der Waals surface area contributed by atoms with Crippen molar-refractivity contribution in [3.63, 3.8) is 0 Å². The third-order valence-corrected chi connectivity index (χ3v) is 5.94. The first-order chi connectivity index (χ1) is 13.5. The van der Waals surface area contributed by atoms with E-state index in [-0.39, 0.29) is 5.92 Å². The van der Waals surface area contributed by atoms with E-state index in [1.165, 1.54) is 11.1 Å². The Labute approximate surface area is 164 Å². The summed E-state index contributed by atoms with van der Waals surface area (Å²) < 4.78 is 6.14. The van der Waals surface area contributed by atoms with Crippen molar-refractivity contribution >= 4 is 5.71 Å². The number of hydrogen-bond acceptors (Lipinski definition) is 5. The van der Waals surface area contributed by atoms with Gasteiger partial charge < -0.3 is 10.5 Å². The lowest BCUT2D eigenvalue weighted by molar-refractivity contribution is -0.0477. The van der Waals surface area contributed by atoms with E-state index in [1.807, 2.05) is 30.5 Å². The highest BCUT2D eigenvalue weighted by Crippen LogP contribution is 2.42. The number of aliphatic imine (C=N–C) groups is 1. The van der Waals surface area contributed by atoms with Crippen LogP contribution in [0.1, 0.15) is 29.0 Å². The fourth-order valence-corrected chi connectivity index (χ4v) is 4.56. The van der Waals surface area contributed by atoms with Gasteiger partial charge in [0.05, 0.1) is 17.9 Å². The molecule has 142 valence electrons. The minimum atomic E-state index is -1.03. The number of allylic oxidation sites excluding steroid dienone is 1. The molecule has 5 rings (SSSR count). The van der Waals surface area contributed by atoms with Gasteiger partial charge in [-0.25, -0.2) is 4.99 Å². The molecule has 0 saturated carbocycles. The summed E-state index contributed by atoms with van der Waals surface area (Å²) in [5.41, 5.74) is 18.3. The molecule has 1 aromatic carbocycles. The van der Waals surface area contributed by atoms with Crippen LogP contribution in [-0.4, -0.2) is 28.7 Å². The lowest BCUT2D eigenvalue weighted by Crippen LogP contribution is -2.51. The molecule has 0 bridgehead atoms. The van der Waals surface area contributed by atoms with Crippen LogP contribution < -0.4 is 11.5 Å². The summed E-state index contributed by atoms with van der Waals surface area (Å²) in [6.07, 6.45) is 12.3. The Balaban J connectivity index is 1.42. The number of benzene rings is 1. The highest BCUT2D eigenvalue weighted by Gasteiger charge is 2.44. The molecular formula is C23H24N4O. The van der Waals surface area contributed by atoms with Crippen LogP contribution in [-0.2, 0) is 17.6 Å². The van der Waals surface area contributed by atoms with Crippen molar-refractivity contribution in [3.05, 3.63) is 89.3 Å². The Morgan fingerprint density at radius 3 is 2.89 bits per heavy atom. The van der Waals surface area contributed by atoms with E-state index in [2.05, 4.69) is 35.3 Å². The Morgan fingerprint density at radius 1 is 1.14 bits per heavy atom. The second-order valence-electron chi connectivity index (χ2n) is 7.98. The largest absolute Gasteiger partial charge is 0.336 e. The van der Waals surface area contributed by atoms with Gasteiger partial charge in [-0.2, -0.15) is 0 Å². The number of fused-ring (bicyclic) bond motifs is 2. The topological polar surface area (TPSA) is 86.5 Å². The van der Waals surface area contributed by atoms with Crippen LogP contribution in [0, 0.1) is 0 Å². The maximum absolute atomic E-state index is 6.67. The van der Waals surface area contributed by atoms with Gasteiger partial charge in [-0.3, -0.25) is 10.7 Å². The molecule has 5 heteroatoms. The predicted molar refractivity (Wildman–Crippen MR) is 110 cm³/mol. The van der Waals surface area contributed by atoms with Gasteiger partial charge in [0.15, 0.2) is 0 Å². The quantitative estimate of drug-likeness (QED) is 0.867. The summed E-state index contributed by atoms with van der Waals surface area (Å²) in [6.45, 7) is 0.421. The first-order valence-corrected chi connectivity index (χ1v) is 9.74. The number of rotatable bonds is 3. The minimum Gasteiger partial charge on any atom is -0.336 e. The lowest BCUT2D eigenvalue weighted by Gasteiger charge is -2.38. The Morgan fingerprint density at radius 2 is 2.04 bits per heavy atom. The van der Waals surface area contributed by atoms with Crippen LogP contribution in [0.4, 0.5) is 0 Å². The molecular weight excluding hydrogens is 348 g/mol. The summed E-state index contributed by atoms with van der Waals surface area (Å²) in [7, 11) is 0. The maximum atomic E-state index is 6.67. The number of ether oxygens (including phenoxy) is 1. The van der Waals surface area contributed by atoms with Crippen molar-refractivity contribution in [2.45, 2.75) is 36.6 Å². The van der Waals surface area contributed by atoms with E-state index in [9.17, 15) is 0 Å². The van der Waals surface area contributed by atoms with Gasteiger partial charge in [0.25, 0.3) is 0 Å². The van der Waals surface area contributed by atoms with Crippen LogP contribution in [0.15, 0.2) is 77.6 Å². The highest BCUT2D eigenvalue weighted by molar-refractivity contribution is 6.10. The van der Waals surface area contributed by atoms with Crippen LogP contribution >= 0.6 is 0 Å². The smallest absolute Gasteiger partial charge is 0.220 e. The average Bonchev–Trinajstić information content (AvgIpc) is 3.14. The zero-order valence-electron chi connectivity index (χ0n) is 15.7. The zero-order valence-corrected chi connectivity index (χ0v) is 15.7. The van der Waals surface area contributed by atoms with E-state index in [1.54, 1.807) is 6.20 Å². The second kappa shape index (κ2) is 6.48. The number of pyridine rings is 1. The molecule has 2 heterocycles. The molecule has 0 fully saturated rings. The van der Waals surface area contributed by atoms with Crippen molar-refractivity contribution in [2.24, 2.45) is 16.5 Å². The zero-order chi connectivity index (χ0) is 19.2. The van der Waals surface area contributed by atoms with Gasteiger partial charge in [0.1, 0.15) is 0 Å². The minimum absolute atomic E-state index is 0.0751. The van der Waals surface area contributed by atoms with Gasteiger partial charge in [0, 0.05) is 23.9 Å². The fourth-order valence-electron chi connectivity index (χ4n) is 4.56. The van der Waals surface area contributed by atoms with Crippen molar-refractivity contribution in [1.29, 1.82) is 0 Å². The number of aromatic nitrogens is 1. The van der Waals surface area contributed by atoms with Crippen LogP contribution in [0.3, 0.4) is 0 Å². The average molecular weight is 372 g/mol. The first kappa shape index (κ1) is 17.5. The standard InChI is InChI=1S/C23H24N4O/c24-22(12-16-4-3-11-26-14-16)10-9-21-18(13-22)15-28-23(25,27-21)20-8-7-17-5-1-2-6-19(17)20/h1-6,9-11,13-14,20H,7-8,12,15,24-25H2/t20?,22?,23-/m1/s1. The van der Waals surface area contributed by atoms with E-state index in [0.717, 1.165) is 29.7 Å². The van der Waals surface area contributed by atoms with Crippen molar-refractivity contribution < 1.29 is 4.74 Å². The van der Waals surface area contributed by atoms with E-state index >= 15 is 0 Å². The molecule has 2 aliphatic carbocycles. The third kappa shape index (κ3) is 3.02. The van der Waals surface area contributed by atoms with E-state index in [4.69, 9.17) is 21.2 Å². The number of aryl methyl sites for hydroxylation is 1. The Hall–Kier alpha value is -2.60. The predicted octanol–water partition coefficient (Wildman–Crippen LogP) is 2.63. The summed E-state index contributed by atoms with van der Waals surface area (Å²) in [4.78, 5) is 9.02. The van der Waals surface area contributed by atoms with Gasteiger partial charge in [-0.1, -0.05) is 42.5 Å². The van der Waals surface area contributed by atoms with Gasteiger partial charge in [0.2, 0.25) is 5.85 Å². The number of nitrogens with zero attached hydrogens (tertiary/aromatic N) is 2. The SMILES string of the molecule is NC1(Cc2cccnc2)C=CC2=N[C@](N)(C3CCc4ccccc43)OCC2=C1. The molecule has 4 N–H and O–H groups in total. The molecule has 1 aliphatic heterocycles. The molecule has 0 saturated heterocycles. The first-order valence-electron chi connectivity index (χ1n) is 9.74. The Bertz CT molecular complexity index is 997. The molecule has 2 unspecified atom stereocenters. The monoisotopic (exact) mass is 372 g/mol. The number of nitrogens with two attached hydrogens (primary N) is 2.